The van der Waals surface area contributed by atoms with E-state index in [0.29, 0.717) is 0 Å². The summed E-state index contributed by atoms with van der Waals surface area (Å²) in [4.78, 5) is 4.27. The molecule has 1 heterocycles. The molecule has 0 amide bonds. The van der Waals surface area contributed by atoms with Crippen molar-refractivity contribution >= 4 is 29.9 Å². The molecule has 2 rings (SSSR count). The Kier molecular flexibility index (Phi) is 7.87. The number of rotatable bonds is 5. The highest BCUT2D eigenvalue weighted by Gasteiger charge is 2.33. The standard InChI is InChI=1S/C15H27N3O.HI/c1-15(11-19-12-15)10-18-14(16-2)17-9-8-13-6-4-3-5-7-13;/h6H,3-5,7-12H2,1-2H3,(H2,16,17,18);1H. The molecule has 20 heavy (non-hydrogen) atoms. The third kappa shape index (κ3) is 5.60. The van der Waals surface area contributed by atoms with Crippen LogP contribution in [0.3, 0.4) is 0 Å². The zero-order chi connectivity index (χ0) is 13.6. The van der Waals surface area contributed by atoms with Crippen molar-refractivity contribution in [2.24, 2.45) is 10.4 Å². The lowest BCUT2D eigenvalue weighted by Gasteiger charge is -2.38. The molecular weight excluding hydrogens is 365 g/mol. The lowest BCUT2D eigenvalue weighted by Crippen LogP contribution is -2.51. The summed E-state index contributed by atoms with van der Waals surface area (Å²) in [5.41, 5.74) is 1.89. The molecule has 0 atom stereocenters. The van der Waals surface area contributed by atoms with E-state index in [2.05, 4.69) is 28.6 Å². The second-order valence-corrected chi connectivity index (χ2v) is 6.01. The van der Waals surface area contributed by atoms with E-state index in [-0.39, 0.29) is 29.4 Å². The monoisotopic (exact) mass is 393 g/mol. The van der Waals surface area contributed by atoms with Gasteiger partial charge >= 0.3 is 0 Å². The smallest absolute Gasteiger partial charge is 0.191 e. The van der Waals surface area contributed by atoms with Crippen LogP contribution in [-0.4, -0.2) is 39.3 Å². The van der Waals surface area contributed by atoms with Gasteiger partial charge in [0, 0.05) is 25.6 Å². The van der Waals surface area contributed by atoms with Gasteiger partial charge in [0.05, 0.1) is 13.2 Å². The molecule has 5 heteroatoms. The van der Waals surface area contributed by atoms with Gasteiger partial charge in [-0.15, -0.1) is 24.0 Å². The SMILES string of the molecule is CN=C(NCCC1=CCCCC1)NCC1(C)COC1.I. The third-order valence-electron chi connectivity index (χ3n) is 3.93. The van der Waals surface area contributed by atoms with Crippen molar-refractivity contribution < 1.29 is 4.74 Å². The molecule has 0 bridgehead atoms. The van der Waals surface area contributed by atoms with Crippen LogP contribution in [0.5, 0.6) is 0 Å². The Morgan fingerprint density at radius 3 is 2.70 bits per heavy atom. The molecule has 0 aromatic rings. The van der Waals surface area contributed by atoms with Crippen molar-refractivity contribution in [1.82, 2.24) is 10.6 Å². The zero-order valence-electron chi connectivity index (χ0n) is 12.7. The summed E-state index contributed by atoms with van der Waals surface area (Å²) in [5, 5.41) is 6.78. The van der Waals surface area contributed by atoms with Gasteiger partial charge in [0.1, 0.15) is 0 Å². The number of nitrogens with one attached hydrogen (secondary N) is 2. The molecule has 0 aromatic carbocycles. The second kappa shape index (κ2) is 8.87. The predicted octanol–water partition coefficient (Wildman–Crippen LogP) is 2.70. The first kappa shape index (κ1) is 17.8. The van der Waals surface area contributed by atoms with E-state index in [1.54, 1.807) is 5.57 Å². The van der Waals surface area contributed by atoms with Gasteiger partial charge in [0.2, 0.25) is 0 Å². The first-order valence-electron chi connectivity index (χ1n) is 7.42. The van der Waals surface area contributed by atoms with Crippen molar-refractivity contribution in [3.8, 4) is 0 Å². The van der Waals surface area contributed by atoms with Crippen LogP contribution in [0.25, 0.3) is 0 Å². The fourth-order valence-corrected chi connectivity index (χ4v) is 2.54. The number of halogens is 1. The highest BCUT2D eigenvalue weighted by molar-refractivity contribution is 14.0. The summed E-state index contributed by atoms with van der Waals surface area (Å²) >= 11 is 0. The highest BCUT2D eigenvalue weighted by atomic mass is 127. The van der Waals surface area contributed by atoms with E-state index in [1.165, 1.54) is 25.7 Å². The molecule has 0 spiro atoms. The van der Waals surface area contributed by atoms with Crippen LogP contribution < -0.4 is 10.6 Å². The number of guanidine groups is 1. The molecule has 0 saturated carbocycles. The lowest BCUT2D eigenvalue weighted by molar-refractivity contribution is -0.0971. The second-order valence-electron chi connectivity index (χ2n) is 6.01. The molecule has 1 fully saturated rings. The van der Waals surface area contributed by atoms with Gasteiger partial charge in [0.15, 0.2) is 5.96 Å². The number of hydrogen-bond donors (Lipinski definition) is 2. The number of ether oxygens (including phenoxy) is 1. The molecule has 2 aliphatic rings. The van der Waals surface area contributed by atoms with Crippen LogP contribution >= 0.6 is 24.0 Å². The quantitative estimate of drug-likeness (QED) is 0.327. The maximum absolute atomic E-state index is 5.26. The average Bonchev–Trinajstić information content (AvgIpc) is 2.41. The number of nitrogens with zero attached hydrogens (tertiary/aromatic N) is 1. The third-order valence-corrected chi connectivity index (χ3v) is 3.93. The van der Waals surface area contributed by atoms with Gasteiger partial charge in [-0.2, -0.15) is 0 Å². The average molecular weight is 393 g/mol. The first-order valence-corrected chi connectivity index (χ1v) is 7.42. The van der Waals surface area contributed by atoms with E-state index in [4.69, 9.17) is 4.74 Å². The van der Waals surface area contributed by atoms with Crippen LogP contribution in [0.2, 0.25) is 0 Å². The maximum Gasteiger partial charge on any atom is 0.191 e. The van der Waals surface area contributed by atoms with E-state index < -0.39 is 0 Å². The number of allylic oxidation sites excluding steroid dienone is 1. The molecule has 0 radical (unpaired) electrons. The summed E-state index contributed by atoms with van der Waals surface area (Å²) in [5.74, 6) is 0.907. The molecule has 0 aromatic heterocycles. The minimum Gasteiger partial charge on any atom is -0.380 e. The Bertz CT molecular complexity index is 351. The summed E-state index contributed by atoms with van der Waals surface area (Å²) in [6, 6.07) is 0. The van der Waals surface area contributed by atoms with Gasteiger partial charge < -0.3 is 15.4 Å². The van der Waals surface area contributed by atoms with Crippen LogP contribution in [0.4, 0.5) is 0 Å². The Balaban J connectivity index is 0.00000200. The molecule has 116 valence electrons. The van der Waals surface area contributed by atoms with Crippen molar-refractivity contribution in [2.75, 3.05) is 33.4 Å². The van der Waals surface area contributed by atoms with Crippen LogP contribution in [-0.2, 0) is 4.74 Å². The minimum absolute atomic E-state index is 0. The maximum atomic E-state index is 5.26. The molecule has 1 saturated heterocycles. The summed E-state index contributed by atoms with van der Waals surface area (Å²) in [6.07, 6.45) is 8.82. The lowest BCUT2D eigenvalue weighted by atomic mass is 9.89. The summed E-state index contributed by atoms with van der Waals surface area (Å²) in [6.45, 7) is 5.84. The van der Waals surface area contributed by atoms with Crippen molar-refractivity contribution in [3.05, 3.63) is 11.6 Å². The fourth-order valence-electron chi connectivity index (χ4n) is 2.54. The van der Waals surface area contributed by atoms with E-state index in [0.717, 1.165) is 38.7 Å². The summed E-state index contributed by atoms with van der Waals surface area (Å²) in [7, 11) is 1.83. The number of hydrogen-bond acceptors (Lipinski definition) is 2. The van der Waals surface area contributed by atoms with Gasteiger partial charge in [-0.05, 0) is 32.1 Å². The molecule has 4 nitrogen and oxygen atoms in total. The van der Waals surface area contributed by atoms with Crippen molar-refractivity contribution in [1.29, 1.82) is 0 Å². The van der Waals surface area contributed by atoms with E-state index >= 15 is 0 Å². The molecule has 1 aliphatic carbocycles. The van der Waals surface area contributed by atoms with Gasteiger partial charge in [-0.25, -0.2) is 0 Å². The van der Waals surface area contributed by atoms with Crippen LogP contribution in [0, 0.1) is 5.41 Å². The Hall–Kier alpha value is -0.300. The normalized spacial score (nSPS) is 21.3. The van der Waals surface area contributed by atoms with E-state index in [9.17, 15) is 0 Å². The summed E-state index contributed by atoms with van der Waals surface area (Å²) < 4.78 is 5.26. The Morgan fingerprint density at radius 1 is 1.35 bits per heavy atom. The predicted molar refractivity (Wildman–Crippen MR) is 94.9 cm³/mol. The molecule has 0 unspecified atom stereocenters. The molecular formula is C15H28IN3O. The number of aliphatic imine (C=N–C) groups is 1. The van der Waals surface area contributed by atoms with Gasteiger partial charge in [-0.1, -0.05) is 18.6 Å². The Morgan fingerprint density at radius 2 is 2.15 bits per heavy atom. The van der Waals surface area contributed by atoms with Crippen molar-refractivity contribution in [2.45, 2.75) is 39.0 Å². The van der Waals surface area contributed by atoms with E-state index in [1.807, 2.05) is 7.05 Å². The van der Waals surface area contributed by atoms with Gasteiger partial charge in [0.25, 0.3) is 0 Å². The van der Waals surface area contributed by atoms with Gasteiger partial charge in [-0.3, -0.25) is 4.99 Å². The Labute approximate surface area is 139 Å². The molecule has 1 aliphatic heterocycles. The zero-order valence-corrected chi connectivity index (χ0v) is 15.0. The van der Waals surface area contributed by atoms with Crippen molar-refractivity contribution in [3.63, 3.8) is 0 Å². The first-order chi connectivity index (χ1) is 9.22. The highest BCUT2D eigenvalue weighted by Crippen LogP contribution is 2.25. The molecule has 2 N–H and O–H groups in total. The minimum atomic E-state index is 0. The largest absolute Gasteiger partial charge is 0.380 e. The van der Waals surface area contributed by atoms with Crippen LogP contribution in [0.15, 0.2) is 16.6 Å². The topological polar surface area (TPSA) is 45.7 Å². The fraction of sp³-hybridized carbons (Fsp3) is 0.800. The van der Waals surface area contributed by atoms with Crippen LogP contribution in [0.1, 0.15) is 39.0 Å².